The van der Waals surface area contributed by atoms with Gasteiger partial charge in [-0.2, -0.15) is 0 Å². The van der Waals surface area contributed by atoms with E-state index in [4.69, 9.17) is 0 Å². The Morgan fingerprint density at radius 3 is 1.20 bits per heavy atom. The summed E-state index contributed by atoms with van der Waals surface area (Å²) in [6.07, 6.45) is 0. The third kappa shape index (κ3) is 17.7. The molecule has 0 saturated carbocycles. The molecule has 0 N–H and O–H groups in total. The summed E-state index contributed by atoms with van der Waals surface area (Å²) in [5, 5.41) is 0. The topological polar surface area (TPSA) is 0 Å². The normalized spacial score (nSPS) is 0. The zero-order chi connectivity index (χ0) is 0. The summed E-state index contributed by atoms with van der Waals surface area (Å²) in [5.41, 5.74) is 0. The van der Waals surface area contributed by atoms with Gasteiger partial charge >= 0.3 is 23.1 Å². The zero-order valence-corrected chi connectivity index (χ0v) is 14.8. The molecule has 0 heterocycles. The largest absolute Gasteiger partial charge is 2.00 e. The predicted molar refractivity (Wildman–Crippen MR) is 7.98 cm³/mol. The third-order valence-corrected chi connectivity index (χ3v) is 0. The van der Waals surface area contributed by atoms with Crippen LogP contribution in [0.1, 0.15) is 2.85 Å². The molecular weight excluding hydrogens is 506 g/mol. The Balaban J connectivity index is 0. The monoisotopic (exact) mass is 505 g/mol. The summed E-state index contributed by atoms with van der Waals surface area (Å²) in [5.74, 6) is 0. The van der Waals surface area contributed by atoms with E-state index in [1.54, 1.807) is 0 Å². The molecule has 0 unspecified atom stereocenters. The maximum Gasteiger partial charge on any atom is 2.00 e. The van der Waals surface area contributed by atoms with Crippen molar-refractivity contribution < 1.29 is 143 Å². The van der Waals surface area contributed by atoms with Crippen molar-refractivity contribution in [3.63, 3.8) is 0 Å². The first-order valence-corrected chi connectivity index (χ1v) is 0. The van der Waals surface area contributed by atoms with E-state index in [0.29, 0.717) is 0 Å². The Labute approximate surface area is 160 Å². The maximum absolute atomic E-state index is 0. The van der Waals surface area contributed by atoms with Crippen LogP contribution in [0.15, 0.2) is 0 Å². The van der Waals surface area contributed by atoms with E-state index in [2.05, 4.69) is 0 Å². The van der Waals surface area contributed by atoms with Gasteiger partial charge in [0.2, 0.25) is 0 Å². The number of hydrogen-bond acceptors (Lipinski definition) is 0. The smallest absolute Gasteiger partial charge is 1.00 e. The standard InChI is InChI=1S/Gd.Mg.Nd.Y.Zr.2H/q;+2;;;;2*-1. The fourth-order valence-electron chi connectivity index (χ4n) is 0. The quantitative estimate of drug-likeness (QED) is 0.400. The van der Waals surface area contributed by atoms with Crippen molar-refractivity contribution in [1.29, 1.82) is 0 Å². The molecule has 0 nitrogen and oxygen atoms in total. The Bertz CT molecular complexity index is 17.7. The Hall–Kier alpha value is 5.43. The van der Waals surface area contributed by atoms with Crippen LogP contribution in [0.3, 0.4) is 0 Å². The summed E-state index contributed by atoms with van der Waals surface area (Å²) in [6.45, 7) is 0. The van der Waals surface area contributed by atoms with Crippen molar-refractivity contribution in [3.8, 4) is 0 Å². The molecule has 0 aromatic heterocycles. The molecule has 0 atom stereocenters. The van der Waals surface area contributed by atoms with Gasteiger partial charge in [-0.25, -0.2) is 0 Å². The van der Waals surface area contributed by atoms with Crippen LogP contribution in [-0.4, -0.2) is 23.1 Å². The molecule has 23 valence electrons. The van der Waals surface area contributed by atoms with Crippen molar-refractivity contribution in [3.05, 3.63) is 0 Å². The van der Waals surface area contributed by atoms with E-state index in [9.17, 15) is 0 Å². The molecule has 5 heteroatoms. The number of rotatable bonds is 0. The van der Waals surface area contributed by atoms with Crippen LogP contribution in [0.2, 0.25) is 0 Å². The second-order valence-electron chi connectivity index (χ2n) is 0. The van der Waals surface area contributed by atoms with E-state index in [1.165, 1.54) is 0 Å². The van der Waals surface area contributed by atoms with Gasteiger partial charge in [0.15, 0.2) is 0 Å². The Morgan fingerprint density at radius 1 is 1.20 bits per heavy atom. The van der Waals surface area contributed by atoms with Crippen molar-refractivity contribution in [2.24, 2.45) is 0 Å². The summed E-state index contributed by atoms with van der Waals surface area (Å²) >= 11 is 0. The summed E-state index contributed by atoms with van der Waals surface area (Å²) < 4.78 is 0. The minimum Gasteiger partial charge on any atom is -1.00 e. The fourth-order valence-corrected chi connectivity index (χ4v) is 0. The molecule has 0 bridgehead atoms. The Kier molecular flexibility index (Phi) is 143. The van der Waals surface area contributed by atoms with Gasteiger partial charge < -0.3 is 2.85 Å². The van der Waals surface area contributed by atoms with Gasteiger partial charge in [-0.05, 0) is 0 Å². The van der Waals surface area contributed by atoms with Gasteiger partial charge in [0.25, 0.3) is 0 Å². The van der Waals surface area contributed by atoms with Crippen LogP contribution in [0.25, 0.3) is 0 Å². The van der Waals surface area contributed by atoms with Crippen LogP contribution in [-0.2, 0) is 58.9 Å². The van der Waals surface area contributed by atoms with Crippen molar-refractivity contribution in [1.82, 2.24) is 0 Å². The van der Waals surface area contributed by atoms with Crippen molar-refractivity contribution in [2.75, 3.05) is 0 Å². The fraction of sp³-hybridized carbons (Fsp3) is 0. The van der Waals surface area contributed by atoms with Crippen molar-refractivity contribution >= 4 is 23.1 Å². The molecule has 0 spiro atoms. The van der Waals surface area contributed by atoms with E-state index in [0.717, 1.165) is 0 Å². The number of hydrogen-bond donors (Lipinski definition) is 0. The molecule has 0 rings (SSSR count). The third-order valence-electron chi connectivity index (χ3n) is 0. The van der Waals surface area contributed by atoms with Crippen LogP contribution < -0.4 is 0 Å². The Morgan fingerprint density at radius 2 is 1.20 bits per heavy atom. The first-order valence-electron chi connectivity index (χ1n) is 0. The average Bonchev–Trinajstić information content (AvgIpc) is 0. The molecule has 0 amide bonds. The van der Waals surface area contributed by atoms with Gasteiger partial charge in [-0.1, -0.05) is 0 Å². The molecule has 1 radical (unpaired) electrons. The molecule has 0 aliphatic heterocycles. The second kappa shape index (κ2) is 22.7. The molecule has 0 fully saturated rings. The van der Waals surface area contributed by atoms with Gasteiger partial charge in [0.1, 0.15) is 0 Å². The first-order chi connectivity index (χ1) is 0. The average molecular weight is 508 g/mol. The van der Waals surface area contributed by atoms with E-state index in [1.807, 2.05) is 0 Å². The summed E-state index contributed by atoms with van der Waals surface area (Å²) in [7, 11) is 0. The molecule has 0 aromatic rings. The summed E-state index contributed by atoms with van der Waals surface area (Å²) in [4.78, 5) is 0. The minimum atomic E-state index is 0. The second-order valence-corrected chi connectivity index (χ2v) is 0. The molecule has 0 aliphatic carbocycles. The van der Waals surface area contributed by atoms with Gasteiger partial charge in [-0.15, -0.1) is 0 Å². The van der Waals surface area contributed by atoms with Crippen molar-refractivity contribution in [2.45, 2.75) is 0 Å². The van der Waals surface area contributed by atoms with Gasteiger partial charge in [-0.3, -0.25) is 0 Å². The molecule has 0 aromatic carbocycles. The van der Waals surface area contributed by atoms with Crippen LogP contribution in [0.4, 0.5) is 0 Å². The zero-order valence-electron chi connectivity index (χ0n) is 4.64. The van der Waals surface area contributed by atoms with E-state index >= 15 is 0 Å². The molecule has 5 heavy (non-hydrogen) atoms. The first kappa shape index (κ1) is 31.5. The van der Waals surface area contributed by atoms with Gasteiger partial charge in [0.05, 0.1) is 0 Å². The molecular formula is H2GdMgNdYZr. The minimum absolute atomic E-state index is 0. The maximum atomic E-state index is 0. The molecule has 0 saturated heterocycles. The summed E-state index contributed by atoms with van der Waals surface area (Å²) in [6, 6.07) is 0. The van der Waals surface area contributed by atoms with E-state index in [-0.39, 0.29) is 166 Å². The van der Waals surface area contributed by atoms with Gasteiger partial charge in [0, 0.05) is 140 Å². The van der Waals surface area contributed by atoms with Crippen LogP contribution in [0, 0.1) is 80.8 Å². The SMILES string of the molecule is [Gd].[H-].[H-].[Mg+2].[Nd].[Y].[Zr]. The van der Waals surface area contributed by atoms with E-state index < -0.39 is 0 Å². The van der Waals surface area contributed by atoms with Crippen LogP contribution >= 0.6 is 0 Å². The molecule has 0 aliphatic rings. The predicted octanol–water partition coefficient (Wildman–Crippen LogP) is -0.161. The van der Waals surface area contributed by atoms with Crippen LogP contribution in [0.5, 0.6) is 0 Å².